The first-order chi connectivity index (χ1) is 8.63. The van der Waals surface area contributed by atoms with Crippen molar-refractivity contribution in [1.82, 2.24) is 5.32 Å². The zero-order valence-electron chi connectivity index (χ0n) is 10.1. The molecule has 0 fully saturated rings. The molecule has 0 saturated carbocycles. The van der Waals surface area contributed by atoms with Crippen molar-refractivity contribution in [3.8, 4) is 5.75 Å². The van der Waals surface area contributed by atoms with Crippen molar-refractivity contribution in [3.63, 3.8) is 0 Å². The molecule has 1 aliphatic heterocycles. The number of ether oxygens (including phenoxy) is 1. The Morgan fingerprint density at radius 1 is 1.67 bits per heavy atom. The molecule has 0 aromatic heterocycles. The Bertz CT molecular complexity index is 446. The molecule has 0 aliphatic carbocycles. The van der Waals surface area contributed by atoms with Crippen LogP contribution in [0.2, 0.25) is 0 Å². The highest BCUT2D eigenvalue weighted by Crippen LogP contribution is 2.29. The summed E-state index contributed by atoms with van der Waals surface area (Å²) < 4.78 is 18.5. The number of fused-ring (bicyclic) bond motifs is 1. The van der Waals surface area contributed by atoms with Gasteiger partial charge >= 0.3 is 0 Å². The van der Waals surface area contributed by atoms with E-state index in [1.807, 2.05) is 6.92 Å². The van der Waals surface area contributed by atoms with Crippen molar-refractivity contribution in [2.75, 3.05) is 6.61 Å². The Labute approximate surface area is 105 Å². The van der Waals surface area contributed by atoms with Gasteiger partial charge in [0.1, 0.15) is 11.6 Å². The summed E-state index contributed by atoms with van der Waals surface area (Å²) >= 11 is 0. The van der Waals surface area contributed by atoms with Gasteiger partial charge in [-0.2, -0.15) is 0 Å². The maximum absolute atomic E-state index is 13.0. The van der Waals surface area contributed by atoms with Crippen molar-refractivity contribution in [1.29, 1.82) is 0 Å². The Hall–Kier alpha value is -1.62. The highest BCUT2D eigenvalue weighted by Gasteiger charge is 2.30. The minimum absolute atomic E-state index is 0.101. The van der Waals surface area contributed by atoms with Gasteiger partial charge in [-0.15, -0.1) is 0 Å². The van der Waals surface area contributed by atoms with E-state index >= 15 is 0 Å². The van der Waals surface area contributed by atoms with E-state index in [4.69, 9.17) is 9.84 Å². The fraction of sp³-hybridized carbons (Fsp3) is 0.462. The number of benzene rings is 1. The van der Waals surface area contributed by atoms with E-state index < -0.39 is 6.10 Å². The third-order valence-corrected chi connectivity index (χ3v) is 3.05. The minimum atomic E-state index is -0.637. The second-order valence-electron chi connectivity index (χ2n) is 4.36. The normalized spacial score (nSPS) is 18.9. The predicted molar refractivity (Wildman–Crippen MR) is 63.8 cm³/mol. The lowest BCUT2D eigenvalue weighted by molar-refractivity contribution is -0.128. The van der Waals surface area contributed by atoms with E-state index in [-0.39, 0.29) is 24.4 Å². The number of halogens is 1. The number of aliphatic hydroxyl groups is 1. The largest absolute Gasteiger partial charge is 0.480 e. The summed E-state index contributed by atoms with van der Waals surface area (Å²) in [5.74, 6) is -0.0543. The van der Waals surface area contributed by atoms with Crippen molar-refractivity contribution < 1.29 is 19.0 Å². The number of nitrogens with one attached hydrogen (secondary N) is 1. The Morgan fingerprint density at radius 2 is 2.44 bits per heavy atom. The van der Waals surface area contributed by atoms with Crippen LogP contribution in [-0.2, 0) is 11.2 Å². The van der Waals surface area contributed by atoms with Crippen molar-refractivity contribution >= 4 is 5.91 Å². The van der Waals surface area contributed by atoms with Gasteiger partial charge in [-0.05, 0) is 24.6 Å². The van der Waals surface area contributed by atoms with Crippen LogP contribution in [-0.4, -0.2) is 29.8 Å². The predicted octanol–water partition coefficient (Wildman–Crippen LogP) is 1.02. The highest BCUT2D eigenvalue weighted by molar-refractivity contribution is 5.82. The van der Waals surface area contributed by atoms with Crippen LogP contribution in [0.4, 0.5) is 4.39 Å². The lowest BCUT2D eigenvalue weighted by Crippen LogP contribution is -2.44. The van der Waals surface area contributed by atoms with Gasteiger partial charge in [-0.1, -0.05) is 6.92 Å². The van der Waals surface area contributed by atoms with E-state index in [0.717, 1.165) is 0 Å². The van der Waals surface area contributed by atoms with Crippen LogP contribution in [0.25, 0.3) is 0 Å². The monoisotopic (exact) mass is 253 g/mol. The molecular weight excluding hydrogens is 237 g/mol. The SMILES string of the molecule is CCC(CO)NC(=O)C1Cc2cc(F)ccc2O1. The molecule has 4 nitrogen and oxygen atoms in total. The van der Waals surface area contributed by atoms with Gasteiger partial charge in [-0.25, -0.2) is 4.39 Å². The van der Waals surface area contributed by atoms with Crippen LogP contribution >= 0.6 is 0 Å². The Kier molecular flexibility index (Phi) is 3.81. The van der Waals surface area contributed by atoms with Crippen molar-refractivity contribution in [2.45, 2.75) is 31.9 Å². The number of aliphatic hydroxyl groups excluding tert-OH is 1. The molecule has 98 valence electrons. The Balaban J connectivity index is 2.00. The molecular formula is C13H16FNO3. The lowest BCUT2D eigenvalue weighted by atomic mass is 10.1. The molecule has 2 N–H and O–H groups in total. The first-order valence-electron chi connectivity index (χ1n) is 6.00. The van der Waals surface area contributed by atoms with Crippen molar-refractivity contribution in [2.24, 2.45) is 0 Å². The minimum Gasteiger partial charge on any atom is -0.480 e. The zero-order valence-corrected chi connectivity index (χ0v) is 10.1. The molecule has 0 saturated heterocycles. The van der Waals surface area contributed by atoms with E-state index in [1.54, 1.807) is 0 Å². The topological polar surface area (TPSA) is 58.6 Å². The third kappa shape index (κ3) is 2.61. The molecule has 0 spiro atoms. The summed E-state index contributed by atoms with van der Waals surface area (Å²) in [6, 6.07) is 3.95. The number of carbonyl (C=O) groups is 1. The van der Waals surface area contributed by atoms with Crippen LogP contribution < -0.4 is 10.1 Å². The first kappa shape index (κ1) is 12.8. The molecule has 2 rings (SSSR count). The number of hydrogen-bond acceptors (Lipinski definition) is 3. The fourth-order valence-corrected chi connectivity index (χ4v) is 1.93. The van der Waals surface area contributed by atoms with Gasteiger partial charge in [-0.3, -0.25) is 4.79 Å². The second-order valence-corrected chi connectivity index (χ2v) is 4.36. The molecule has 1 amide bonds. The zero-order chi connectivity index (χ0) is 13.1. The van der Waals surface area contributed by atoms with Crippen LogP contribution in [0.5, 0.6) is 5.75 Å². The Morgan fingerprint density at radius 3 is 3.11 bits per heavy atom. The van der Waals surface area contributed by atoms with Crippen molar-refractivity contribution in [3.05, 3.63) is 29.6 Å². The van der Waals surface area contributed by atoms with Crippen LogP contribution in [0.1, 0.15) is 18.9 Å². The average Bonchev–Trinajstić information content (AvgIpc) is 2.78. The van der Waals surface area contributed by atoms with E-state index in [2.05, 4.69) is 5.32 Å². The average molecular weight is 253 g/mol. The van der Waals surface area contributed by atoms with Gasteiger partial charge < -0.3 is 15.2 Å². The molecule has 2 unspecified atom stereocenters. The third-order valence-electron chi connectivity index (χ3n) is 3.05. The summed E-state index contributed by atoms with van der Waals surface area (Å²) in [5, 5.41) is 11.7. The number of hydrogen-bond donors (Lipinski definition) is 2. The summed E-state index contributed by atoms with van der Waals surface area (Å²) in [6.07, 6.45) is 0.375. The molecule has 0 bridgehead atoms. The van der Waals surface area contributed by atoms with Gasteiger partial charge in [0, 0.05) is 12.0 Å². The summed E-state index contributed by atoms with van der Waals surface area (Å²) in [5.41, 5.74) is 0.701. The molecule has 2 atom stereocenters. The lowest BCUT2D eigenvalue weighted by Gasteiger charge is -2.17. The molecule has 5 heteroatoms. The van der Waals surface area contributed by atoms with Gasteiger partial charge in [0.25, 0.3) is 5.91 Å². The van der Waals surface area contributed by atoms with E-state index in [1.165, 1.54) is 18.2 Å². The highest BCUT2D eigenvalue weighted by atomic mass is 19.1. The molecule has 1 aromatic rings. The van der Waals surface area contributed by atoms with Crippen LogP contribution in [0.3, 0.4) is 0 Å². The van der Waals surface area contributed by atoms with Gasteiger partial charge in [0.15, 0.2) is 6.10 Å². The maximum atomic E-state index is 13.0. The van der Waals surface area contributed by atoms with E-state index in [0.29, 0.717) is 24.2 Å². The van der Waals surface area contributed by atoms with Gasteiger partial charge in [0.05, 0.1) is 12.6 Å². The van der Waals surface area contributed by atoms with E-state index in [9.17, 15) is 9.18 Å². The summed E-state index contributed by atoms with van der Waals surface area (Å²) in [7, 11) is 0. The molecule has 18 heavy (non-hydrogen) atoms. The number of amides is 1. The second kappa shape index (κ2) is 5.35. The van der Waals surface area contributed by atoms with Crippen LogP contribution in [0.15, 0.2) is 18.2 Å². The smallest absolute Gasteiger partial charge is 0.261 e. The summed E-state index contributed by atoms with van der Waals surface area (Å²) in [6.45, 7) is 1.78. The van der Waals surface area contributed by atoms with Crippen LogP contribution in [0, 0.1) is 5.82 Å². The number of rotatable bonds is 4. The van der Waals surface area contributed by atoms with Gasteiger partial charge in [0.2, 0.25) is 0 Å². The number of carbonyl (C=O) groups excluding carboxylic acids is 1. The molecule has 0 radical (unpaired) electrons. The maximum Gasteiger partial charge on any atom is 0.261 e. The molecule has 1 aliphatic rings. The molecule has 1 aromatic carbocycles. The standard InChI is InChI=1S/C13H16FNO3/c1-2-10(7-16)15-13(17)12-6-8-5-9(14)3-4-11(8)18-12/h3-5,10,12,16H,2,6-7H2,1H3,(H,15,17). The summed E-state index contributed by atoms with van der Waals surface area (Å²) in [4.78, 5) is 11.9. The quantitative estimate of drug-likeness (QED) is 0.842. The fourth-order valence-electron chi connectivity index (χ4n) is 1.93. The molecule has 1 heterocycles. The first-order valence-corrected chi connectivity index (χ1v) is 6.00.